The fourth-order valence-corrected chi connectivity index (χ4v) is 11.6. The molecule has 0 aromatic rings. The molecule has 11 atom stereocenters. The molecule has 5 aliphatic carbocycles. The van der Waals surface area contributed by atoms with Crippen LogP contribution in [0.5, 0.6) is 0 Å². The molecular formula is C30H48O5. The van der Waals surface area contributed by atoms with E-state index in [-0.39, 0.29) is 41.3 Å². The number of carbonyl (C=O) groups is 1. The SMILES string of the molecule is C=C(CO)C1CCC2(C(=O)O)CCC3(C)C(CCC4C5(C)CCC(O)C(C)(CO)C5CCC43C)C12. The van der Waals surface area contributed by atoms with E-state index < -0.39 is 22.9 Å². The lowest BCUT2D eigenvalue weighted by Crippen LogP contribution is -2.67. The summed E-state index contributed by atoms with van der Waals surface area (Å²) in [4.78, 5) is 12.8. The third-order valence-electron chi connectivity index (χ3n) is 13.7. The average Bonchev–Trinajstić information content (AvgIpc) is 3.23. The van der Waals surface area contributed by atoms with Crippen LogP contribution in [0.15, 0.2) is 12.2 Å². The lowest BCUT2D eigenvalue weighted by atomic mass is 9.32. The van der Waals surface area contributed by atoms with Crippen LogP contribution in [-0.4, -0.2) is 45.7 Å². The van der Waals surface area contributed by atoms with Gasteiger partial charge in [0.2, 0.25) is 0 Å². The van der Waals surface area contributed by atoms with E-state index in [0.29, 0.717) is 24.2 Å². The van der Waals surface area contributed by atoms with Gasteiger partial charge in [-0.15, -0.1) is 0 Å². The van der Waals surface area contributed by atoms with E-state index in [1.807, 2.05) is 0 Å². The van der Waals surface area contributed by atoms with Gasteiger partial charge in [-0.25, -0.2) is 0 Å². The first-order valence-corrected chi connectivity index (χ1v) is 14.2. The minimum absolute atomic E-state index is 0.0336. The van der Waals surface area contributed by atoms with Crippen LogP contribution in [0.2, 0.25) is 0 Å². The molecule has 5 heteroatoms. The maximum absolute atomic E-state index is 12.8. The summed E-state index contributed by atoms with van der Waals surface area (Å²) in [5.41, 5.74) is -0.0996. The van der Waals surface area contributed by atoms with Crippen molar-refractivity contribution in [2.75, 3.05) is 13.2 Å². The van der Waals surface area contributed by atoms with E-state index in [0.717, 1.165) is 63.4 Å². The molecule has 35 heavy (non-hydrogen) atoms. The smallest absolute Gasteiger partial charge is 0.309 e. The van der Waals surface area contributed by atoms with E-state index >= 15 is 0 Å². The number of carboxylic acid groups (broad SMARTS) is 1. The van der Waals surface area contributed by atoms with E-state index in [1.165, 1.54) is 0 Å². The Morgan fingerprint density at radius 2 is 1.57 bits per heavy atom. The number of rotatable bonds is 4. The molecule has 4 N–H and O–H groups in total. The van der Waals surface area contributed by atoms with Crippen LogP contribution in [0.1, 0.15) is 91.9 Å². The minimum Gasteiger partial charge on any atom is -0.481 e. The fraction of sp³-hybridized carbons (Fsp3) is 0.900. The molecule has 5 nitrogen and oxygen atoms in total. The molecule has 0 aromatic carbocycles. The molecule has 5 fully saturated rings. The zero-order valence-corrected chi connectivity index (χ0v) is 22.4. The van der Waals surface area contributed by atoms with E-state index in [1.54, 1.807) is 0 Å². The van der Waals surface area contributed by atoms with Gasteiger partial charge in [0.25, 0.3) is 0 Å². The van der Waals surface area contributed by atoms with Crippen molar-refractivity contribution in [1.82, 2.24) is 0 Å². The summed E-state index contributed by atoms with van der Waals surface area (Å²) in [6.07, 6.45) is 8.73. The number of aliphatic carboxylic acids is 1. The van der Waals surface area contributed by atoms with Crippen molar-refractivity contribution in [2.24, 2.45) is 56.7 Å². The highest BCUT2D eigenvalue weighted by Gasteiger charge is 2.72. The van der Waals surface area contributed by atoms with Crippen LogP contribution in [0, 0.1) is 56.7 Å². The van der Waals surface area contributed by atoms with Gasteiger partial charge in [-0.3, -0.25) is 4.79 Å². The molecule has 0 bridgehead atoms. The molecule has 0 aliphatic heterocycles. The molecule has 5 rings (SSSR count). The third kappa shape index (κ3) is 3.01. The Kier molecular flexibility index (Phi) is 5.91. The summed E-state index contributed by atoms with van der Waals surface area (Å²) in [6, 6.07) is 0. The van der Waals surface area contributed by atoms with Gasteiger partial charge in [-0.05, 0) is 116 Å². The maximum Gasteiger partial charge on any atom is 0.309 e. The molecule has 11 unspecified atom stereocenters. The van der Waals surface area contributed by atoms with Crippen LogP contribution in [0.4, 0.5) is 0 Å². The Morgan fingerprint density at radius 1 is 0.857 bits per heavy atom. The summed E-state index contributed by atoms with van der Waals surface area (Å²) in [6.45, 7) is 13.7. The van der Waals surface area contributed by atoms with E-state index in [4.69, 9.17) is 0 Å². The molecule has 0 spiro atoms. The monoisotopic (exact) mass is 488 g/mol. The van der Waals surface area contributed by atoms with Gasteiger partial charge < -0.3 is 20.4 Å². The lowest BCUT2D eigenvalue weighted by molar-refractivity contribution is -0.254. The molecule has 198 valence electrons. The number of aliphatic hydroxyl groups excluding tert-OH is 3. The van der Waals surface area contributed by atoms with Gasteiger partial charge in [0, 0.05) is 5.41 Å². The van der Waals surface area contributed by atoms with Crippen LogP contribution < -0.4 is 0 Å². The second kappa shape index (κ2) is 8.04. The van der Waals surface area contributed by atoms with E-state index in [2.05, 4.69) is 34.3 Å². The standard InChI is InChI=1S/C30H48O5/c1-18(16-31)19-8-13-30(25(34)35)15-14-28(4)20(24(19)30)6-7-22-26(2)11-10-23(33)27(3,17-32)21(26)9-12-29(22,28)5/h19-24,31-33H,1,6-17H2,2-5H3,(H,34,35). The Morgan fingerprint density at radius 3 is 2.20 bits per heavy atom. The number of fused-ring (bicyclic) bond motifs is 7. The number of hydrogen-bond donors (Lipinski definition) is 4. The molecule has 0 radical (unpaired) electrons. The second-order valence-electron chi connectivity index (χ2n) is 14.3. The molecule has 0 amide bonds. The van der Waals surface area contributed by atoms with Crippen molar-refractivity contribution >= 4 is 5.97 Å². The maximum atomic E-state index is 12.8. The first-order valence-electron chi connectivity index (χ1n) is 14.2. The first-order chi connectivity index (χ1) is 16.4. The van der Waals surface area contributed by atoms with Crippen molar-refractivity contribution in [3.8, 4) is 0 Å². The minimum atomic E-state index is -0.679. The predicted octanol–water partition coefficient (Wildman–Crippen LogP) is 5.03. The highest BCUT2D eigenvalue weighted by molar-refractivity contribution is 5.76. The van der Waals surface area contributed by atoms with Crippen molar-refractivity contribution in [2.45, 2.75) is 98.0 Å². The molecular weight excluding hydrogens is 440 g/mol. The fourth-order valence-electron chi connectivity index (χ4n) is 11.6. The highest BCUT2D eigenvalue weighted by Crippen LogP contribution is 2.77. The zero-order chi connectivity index (χ0) is 25.6. The Bertz CT molecular complexity index is 901. The summed E-state index contributed by atoms with van der Waals surface area (Å²) >= 11 is 0. The Labute approximate surface area is 211 Å². The molecule has 5 aliphatic rings. The van der Waals surface area contributed by atoms with Gasteiger partial charge in [0.05, 0.1) is 24.7 Å². The summed E-state index contributed by atoms with van der Waals surface area (Å²) in [7, 11) is 0. The van der Waals surface area contributed by atoms with Crippen molar-refractivity contribution in [1.29, 1.82) is 0 Å². The molecule has 0 saturated heterocycles. The van der Waals surface area contributed by atoms with E-state index in [9.17, 15) is 25.2 Å². The summed E-state index contributed by atoms with van der Waals surface area (Å²) in [5.74, 6) is 0.639. The van der Waals surface area contributed by atoms with Gasteiger partial charge in [0.1, 0.15) is 0 Å². The van der Waals surface area contributed by atoms with Gasteiger partial charge in [-0.2, -0.15) is 0 Å². The number of hydrogen-bond acceptors (Lipinski definition) is 4. The van der Waals surface area contributed by atoms with Crippen molar-refractivity contribution < 1.29 is 25.2 Å². The van der Waals surface area contributed by atoms with Crippen molar-refractivity contribution in [3.63, 3.8) is 0 Å². The summed E-state index contributed by atoms with van der Waals surface area (Å²) in [5, 5.41) is 41.8. The Hall–Kier alpha value is -0.910. The van der Waals surface area contributed by atoms with Crippen LogP contribution in [0.25, 0.3) is 0 Å². The third-order valence-corrected chi connectivity index (χ3v) is 13.7. The quantitative estimate of drug-likeness (QED) is 0.416. The van der Waals surface area contributed by atoms with Crippen LogP contribution >= 0.6 is 0 Å². The summed E-state index contributed by atoms with van der Waals surface area (Å²) < 4.78 is 0. The molecule has 5 saturated carbocycles. The highest BCUT2D eigenvalue weighted by atomic mass is 16.4. The molecule has 0 heterocycles. The van der Waals surface area contributed by atoms with Crippen molar-refractivity contribution in [3.05, 3.63) is 12.2 Å². The van der Waals surface area contributed by atoms with Gasteiger partial charge in [-0.1, -0.05) is 34.3 Å². The number of aliphatic hydroxyl groups is 3. The largest absolute Gasteiger partial charge is 0.481 e. The average molecular weight is 489 g/mol. The molecule has 0 aromatic heterocycles. The topological polar surface area (TPSA) is 98.0 Å². The van der Waals surface area contributed by atoms with Gasteiger partial charge >= 0.3 is 5.97 Å². The normalized spacial score (nSPS) is 55.3. The predicted molar refractivity (Wildman–Crippen MR) is 135 cm³/mol. The second-order valence-corrected chi connectivity index (χ2v) is 14.3. The first kappa shape index (κ1) is 25.7. The number of carboxylic acids is 1. The van der Waals surface area contributed by atoms with Crippen LogP contribution in [0.3, 0.4) is 0 Å². The zero-order valence-electron chi connectivity index (χ0n) is 22.4. The van der Waals surface area contributed by atoms with Gasteiger partial charge in [0.15, 0.2) is 0 Å². The Balaban J connectivity index is 1.56. The lowest BCUT2D eigenvalue weighted by Gasteiger charge is -2.72. The van der Waals surface area contributed by atoms with Crippen LogP contribution in [-0.2, 0) is 4.79 Å².